The van der Waals surface area contributed by atoms with E-state index in [0.29, 0.717) is 18.2 Å². The van der Waals surface area contributed by atoms with Crippen molar-refractivity contribution in [3.05, 3.63) is 6.33 Å². The van der Waals surface area contributed by atoms with Crippen LogP contribution in [0.15, 0.2) is 6.33 Å². The van der Waals surface area contributed by atoms with Crippen molar-refractivity contribution in [3.63, 3.8) is 0 Å². The zero-order valence-corrected chi connectivity index (χ0v) is 9.18. The molecule has 0 aliphatic carbocycles. The van der Waals surface area contributed by atoms with Gasteiger partial charge in [0.2, 0.25) is 5.75 Å². The quantitative estimate of drug-likeness (QED) is 0.809. The minimum Gasteiger partial charge on any atom is -0.489 e. The Labute approximate surface area is 93.7 Å². The summed E-state index contributed by atoms with van der Waals surface area (Å²) in [6.45, 7) is 1.27. The second kappa shape index (κ2) is 4.98. The van der Waals surface area contributed by atoms with Crippen molar-refractivity contribution in [3.8, 4) is 11.6 Å². The third kappa shape index (κ3) is 2.33. The van der Waals surface area contributed by atoms with Crippen molar-refractivity contribution in [2.45, 2.75) is 18.9 Å². The number of hydrogen-bond donors (Lipinski definition) is 1. The molecule has 1 aromatic heterocycles. The number of rotatable bonds is 4. The molecule has 1 atom stereocenters. The highest BCUT2D eigenvalue weighted by molar-refractivity contribution is 5.51. The first kappa shape index (κ1) is 10.9. The first-order chi connectivity index (χ1) is 7.81. The molecule has 2 rings (SSSR count). The van der Waals surface area contributed by atoms with Gasteiger partial charge in [-0.1, -0.05) is 0 Å². The molecule has 0 bridgehead atoms. The van der Waals surface area contributed by atoms with Gasteiger partial charge in [0.1, 0.15) is 12.9 Å². The number of ether oxygens (including phenoxy) is 3. The van der Waals surface area contributed by atoms with Gasteiger partial charge in [-0.15, -0.1) is 0 Å². The van der Waals surface area contributed by atoms with Crippen LogP contribution in [0.4, 0.5) is 5.82 Å². The lowest BCUT2D eigenvalue weighted by Gasteiger charge is -2.13. The molecule has 1 aliphatic heterocycles. The molecule has 6 heteroatoms. The Bertz CT molecular complexity index is 353. The van der Waals surface area contributed by atoms with Crippen molar-refractivity contribution in [2.24, 2.45) is 0 Å². The molecule has 0 amide bonds. The molecule has 0 saturated carbocycles. The molecule has 88 valence electrons. The third-order valence-corrected chi connectivity index (χ3v) is 2.43. The summed E-state index contributed by atoms with van der Waals surface area (Å²) < 4.78 is 16.0. The zero-order valence-electron chi connectivity index (χ0n) is 9.18. The molecule has 2 N–H and O–H groups in total. The smallest absolute Gasteiger partial charge is 0.262 e. The fourth-order valence-electron chi connectivity index (χ4n) is 1.61. The SMILES string of the molecule is COc1c(N)ncnc1OCC1CCCO1. The summed E-state index contributed by atoms with van der Waals surface area (Å²) in [7, 11) is 1.51. The van der Waals surface area contributed by atoms with E-state index < -0.39 is 0 Å². The van der Waals surface area contributed by atoms with Gasteiger partial charge in [-0.3, -0.25) is 0 Å². The normalized spacial score (nSPS) is 19.7. The van der Waals surface area contributed by atoms with Crippen LogP contribution in [-0.2, 0) is 4.74 Å². The number of nitrogen functional groups attached to an aromatic ring is 1. The van der Waals surface area contributed by atoms with Crippen LogP contribution in [0, 0.1) is 0 Å². The molecule has 0 aromatic carbocycles. The highest BCUT2D eigenvalue weighted by Gasteiger charge is 2.18. The summed E-state index contributed by atoms with van der Waals surface area (Å²) in [5.41, 5.74) is 5.63. The largest absolute Gasteiger partial charge is 0.489 e. The summed E-state index contributed by atoms with van der Waals surface area (Å²) in [6, 6.07) is 0. The van der Waals surface area contributed by atoms with Crippen molar-refractivity contribution in [2.75, 3.05) is 26.1 Å². The first-order valence-electron chi connectivity index (χ1n) is 5.20. The molecule has 1 aliphatic rings. The van der Waals surface area contributed by atoms with Crippen LogP contribution in [0.2, 0.25) is 0 Å². The van der Waals surface area contributed by atoms with Gasteiger partial charge in [-0.05, 0) is 12.8 Å². The highest BCUT2D eigenvalue weighted by Crippen LogP contribution is 2.28. The molecule has 2 heterocycles. The van der Waals surface area contributed by atoms with E-state index in [9.17, 15) is 0 Å². The predicted molar refractivity (Wildman–Crippen MR) is 57.5 cm³/mol. The molecular weight excluding hydrogens is 210 g/mol. The van der Waals surface area contributed by atoms with Crippen LogP contribution >= 0.6 is 0 Å². The van der Waals surface area contributed by atoms with Gasteiger partial charge in [-0.25, -0.2) is 4.98 Å². The molecule has 6 nitrogen and oxygen atoms in total. The Balaban J connectivity index is 2.00. The lowest BCUT2D eigenvalue weighted by Crippen LogP contribution is -2.17. The summed E-state index contributed by atoms with van der Waals surface area (Å²) in [6.07, 6.45) is 3.59. The van der Waals surface area contributed by atoms with Crippen LogP contribution in [-0.4, -0.2) is 36.4 Å². The van der Waals surface area contributed by atoms with E-state index in [1.807, 2.05) is 0 Å². The lowest BCUT2D eigenvalue weighted by atomic mass is 10.2. The van der Waals surface area contributed by atoms with Crippen LogP contribution in [0.25, 0.3) is 0 Å². The maximum absolute atomic E-state index is 5.63. The fourth-order valence-corrected chi connectivity index (χ4v) is 1.61. The Hall–Kier alpha value is -1.56. The van der Waals surface area contributed by atoms with Gasteiger partial charge in [0.25, 0.3) is 5.88 Å². The van der Waals surface area contributed by atoms with E-state index in [4.69, 9.17) is 19.9 Å². The van der Waals surface area contributed by atoms with Crippen molar-refractivity contribution in [1.29, 1.82) is 0 Å². The first-order valence-corrected chi connectivity index (χ1v) is 5.20. The van der Waals surface area contributed by atoms with Gasteiger partial charge in [0.05, 0.1) is 13.2 Å². The minimum atomic E-state index is 0.140. The minimum absolute atomic E-state index is 0.140. The van der Waals surface area contributed by atoms with Crippen molar-refractivity contribution in [1.82, 2.24) is 9.97 Å². The Morgan fingerprint density at radius 2 is 2.44 bits per heavy atom. The summed E-state index contributed by atoms with van der Waals surface area (Å²) in [4.78, 5) is 7.80. The molecule has 1 unspecified atom stereocenters. The Morgan fingerprint density at radius 1 is 1.56 bits per heavy atom. The van der Waals surface area contributed by atoms with E-state index in [1.54, 1.807) is 0 Å². The molecule has 16 heavy (non-hydrogen) atoms. The maximum Gasteiger partial charge on any atom is 0.262 e. The predicted octanol–water partition coefficient (Wildman–Crippen LogP) is 0.625. The van der Waals surface area contributed by atoms with Gasteiger partial charge >= 0.3 is 0 Å². The number of aromatic nitrogens is 2. The molecule has 1 fully saturated rings. The van der Waals surface area contributed by atoms with Crippen LogP contribution < -0.4 is 15.2 Å². The third-order valence-electron chi connectivity index (χ3n) is 2.43. The maximum atomic E-state index is 5.63. The van der Waals surface area contributed by atoms with Gasteiger partial charge < -0.3 is 19.9 Å². The van der Waals surface area contributed by atoms with Crippen LogP contribution in [0.1, 0.15) is 12.8 Å². The second-order valence-electron chi connectivity index (χ2n) is 3.54. The van der Waals surface area contributed by atoms with E-state index in [1.165, 1.54) is 13.4 Å². The van der Waals surface area contributed by atoms with Crippen LogP contribution in [0.5, 0.6) is 11.6 Å². The monoisotopic (exact) mass is 225 g/mol. The van der Waals surface area contributed by atoms with E-state index >= 15 is 0 Å². The molecular formula is C10H15N3O3. The van der Waals surface area contributed by atoms with Crippen LogP contribution in [0.3, 0.4) is 0 Å². The second-order valence-corrected chi connectivity index (χ2v) is 3.54. The zero-order chi connectivity index (χ0) is 11.4. The standard InChI is InChI=1S/C10H15N3O3/c1-14-8-9(11)12-6-13-10(8)16-5-7-3-2-4-15-7/h6-7H,2-5H2,1H3,(H2,11,12,13). The van der Waals surface area contributed by atoms with Crippen molar-refractivity contribution < 1.29 is 14.2 Å². The summed E-state index contributed by atoms with van der Waals surface area (Å²) >= 11 is 0. The summed E-state index contributed by atoms with van der Waals surface area (Å²) in [5, 5.41) is 0. The van der Waals surface area contributed by atoms with Gasteiger partial charge in [0, 0.05) is 6.61 Å². The number of anilines is 1. The molecule has 1 saturated heterocycles. The van der Waals surface area contributed by atoms with Crippen molar-refractivity contribution >= 4 is 5.82 Å². The van der Waals surface area contributed by atoms with E-state index in [-0.39, 0.29) is 11.9 Å². The fraction of sp³-hybridized carbons (Fsp3) is 0.600. The Morgan fingerprint density at radius 3 is 3.12 bits per heavy atom. The Kier molecular flexibility index (Phi) is 3.40. The number of hydrogen-bond acceptors (Lipinski definition) is 6. The van der Waals surface area contributed by atoms with E-state index in [0.717, 1.165) is 19.4 Å². The topological polar surface area (TPSA) is 79.5 Å². The van der Waals surface area contributed by atoms with Gasteiger partial charge in [-0.2, -0.15) is 4.98 Å². The average Bonchev–Trinajstić information content (AvgIpc) is 2.79. The number of nitrogens with zero attached hydrogens (tertiary/aromatic N) is 2. The van der Waals surface area contributed by atoms with E-state index in [2.05, 4.69) is 9.97 Å². The number of methoxy groups -OCH3 is 1. The molecule has 0 radical (unpaired) electrons. The molecule has 0 spiro atoms. The van der Waals surface area contributed by atoms with Gasteiger partial charge in [0.15, 0.2) is 5.82 Å². The molecule has 1 aromatic rings. The highest BCUT2D eigenvalue weighted by atomic mass is 16.6. The summed E-state index contributed by atoms with van der Waals surface area (Å²) in [5.74, 6) is 1.02. The average molecular weight is 225 g/mol. The lowest BCUT2D eigenvalue weighted by molar-refractivity contribution is 0.0652. The number of nitrogens with two attached hydrogens (primary N) is 1.